The van der Waals surface area contributed by atoms with E-state index in [0.717, 1.165) is 62.6 Å². The standard InChI is InChI=1S/C18H24N4O/c1-2-19-22-13-11-21(12-14-22)10-6-9-17-15-18(20-23-17)16-7-4-3-5-8-16/h2-5,7-8,15H,6,9-14H2,1H3/b19-2-. The summed E-state index contributed by atoms with van der Waals surface area (Å²) in [4.78, 5) is 2.50. The highest BCUT2D eigenvalue weighted by molar-refractivity contribution is 5.58. The fourth-order valence-electron chi connectivity index (χ4n) is 2.89. The molecular weight excluding hydrogens is 288 g/mol. The summed E-state index contributed by atoms with van der Waals surface area (Å²) < 4.78 is 5.46. The number of piperazine rings is 1. The van der Waals surface area contributed by atoms with Gasteiger partial charge in [-0.15, -0.1) is 0 Å². The van der Waals surface area contributed by atoms with Crippen LogP contribution < -0.4 is 0 Å². The van der Waals surface area contributed by atoms with Gasteiger partial charge in [0.15, 0.2) is 0 Å². The molecule has 23 heavy (non-hydrogen) atoms. The van der Waals surface area contributed by atoms with Crippen LogP contribution in [0.5, 0.6) is 0 Å². The van der Waals surface area contributed by atoms with E-state index in [1.165, 1.54) is 0 Å². The van der Waals surface area contributed by atoms with Crippen LogP contribution in [0.4, 0.5) is 0 Å². The van der Waals surface area contributed by atoms with E-state index in [4.69, 9.17) is 4.52 Å². The summed E-state index contributed by atoms with van der Waals surface area (Å²) in [6.45, 7) is 7.28. The second kappa shape index (κ2) is 7.92. The Bertz CT molecular complexity index is 615. The molecule has 1 aromatic heterocycles. The number of rotatable bonds is 6. The maximum Gasteiger partial charge on any atom is 0.137 e. The first kappa shape index (κ1) is 15.7. The quantitative estimate of drug-likeness (QED) is 0.769. The third-order valence-corrected chi connectivity index (χ3v) is 4.15. The molecule has 2 aromatic rings. The molecule has 1 saturated heterocycles. The SMILES string of the molecule is C/C=N\N1CCN(CCCc2cc(-c3ccccc3)no2)CC1. The maximum absolute atomic E-state index is 5.46. The number of hydrogen-bond acceptors (Lipinski definition) is 5. The molecule has 1 aliphatic rings. The number of benzene rings is 1. The smallest absolute Gasteiger partial charge is 0.137 e. The van der Waals surface area contributed by atoms with Crippen LogP contribution >= 0.6 is 0 Å². The first-order chi connectivity index (χ1) is 11.3. The van der Waals surface area contributed by atoms with Gasteiger partial charge in [-0.3, -0.25) is 9.91 Å². The van der Waals surface area contributed by atoms with Gasteiger partial charge in [0, 0.05) is 50.4 Å². The van der Waals surface area contributed by atoms with E-state index in [2.05, 4.69) is 38.4 Å². The van der Waals surface area contributed by atoms with Gasteiger partial charge in [0.1, 0.15) is 11.5 Å². The Kier molecular flexibility index (Phi) is 5.42. The highest BCUT2D eigenvalue weighted by atomic mass is 16.5. The van der Waals surface area contributed by atoms with Crippen molar-refractivity contribution in [3.63, 3.8) is 0 Å². The molecule has 5 heteroatoms. The Balaban J connectivity index is 1.42. The molecule has 0 unspecified atom stereocenters. The summed E-state index contributed by atoms with van der Waals surface area (Å²) >= 11 is 0. The normalized spacial score (nSPS) is 16.3. The van der Waals surface area contributed by atoms with Gasteiger partial charge in [-0.25, -0.2) is 0 Å². The van der Waals surface area contributed by atoms with E-state index < -0.39 is 0 Å². The fraction of sp³-hybridized carbons (Fsp3) is 0.444. The molecule has 1 fully saturated rings. The number of hydrogen-bond donors (Lipinski definition) is 0. The van der Waals surface area contributed by atoms with Gasteiger partial charge in [-0.2, -0.15) is 5.10 Å². The molecule has 0 spiro atoms. The van der Waals surface area contributed by atoms with Crippen LogP contribution in [-0.2, 0) is 6.42 Å². The zero-order chi connectivity index (χ0) is 15.9. The zero-order valence-corrected chi connectivity index (χ0v) is 13.7. The second-order valence-corrected chi connectivity index (χ2v) is 5.82. The highest BCUT2D eigenvalue weighted by Crippen LogP contribution is 2.19. The Morgan fingerprint density at radius 1 is 1.17 bits per heavy atom. The Hall–Kier alpha value is -2.14. The fourth-order valence-corrected chi connectivity index (χ4v) is 2.89. The van der Waals surface area contributed by atoms with E-state index in [9.17, 15) is 0 Å². The topological polar surface area (TPSA) is 44.9 Å². The van der Waals surface area contributed by atoms with Crippen LogP contribution in [0.15, 0.2) is 46.0 Å². The first-order valence-electron chi connectivity index (χ1n) is 8.32. The van der Waals surface area contributed by atoms with Crippen molar-refractivity contribution in [1.29, 1.82) is 0 Å². The van der Waals surface area contributed by atoms with Crippen LogP contribution in [0.25, 0.3) is 11.3 Å². The van der Waals surface area contributed by atoms with E-state index in [0.29, 0.717) is 0 Å². The second-order valence-electron chi connectivity index (χ2n) is 5.82. The molecule has 0 amide bonds. The predicted molar refractivity (Wildman–Crippen MR) is 92.4 cm³/mol. The third-order valence-electron chi connectivity index (χ3n) is 4.15. The average molecular weight is 312 g/mol. The lowest BCUT2D eigenvalue weighted by Crippen LogP contribution is -2.44. The van der Waals surface area contributed by atoms with Crippen molar-refractivity contribution < 1.29 is 4.52 Å². The van der Waals surface area contributed by atoms with Crippen molar-refractivity contribution in [2.45, 2.75) is 19.8 Å². The minimum atomic E-state index is 0.923. The molecule has 122 valence electrons. The molecule has 0 aliphatic carbocycles. The van der Waals surface area contributed by atoms with Crippen molar-refractivity contribution in [3.05, 3.63) is 42.2 Å². The number of aryl methyl sites for hydroxylation is 1. The summed E-state index contributed by atoms with van der Waals surface area (Å²) in [6, 6.07) is 12.2. The van der Waals surface area contributed by atoms with Gasteiger partial charge < -0.3 is 4.52 Å². The Labute approximate surface area is 137 Å². The van der Waals surface area contributed by atoms with Gasteiger partial charge in [-0.05, 0) is 19.9 Å². The predicted octanol–water partition coefficient (Wildman–Crippen LogP) is 2.90. The van der Waals surface area contributed by atoms with E-state index >= 15 is 0 Å². The highest BCUT2D eigenvalue weighted by Gasteiger charge is 2.15. The van der Waals surface area contributed by atoms with Crippen LogP contribution in [-0.4, -0.2) is 54.0 Å². The van der Waals surface area contributed by atoms with Gasteiger partial charge in [0.25, 0.3) is 0 Å². The first-order valence-corrected chi connectivity index (χ1v) is 8.32. The lowest BCUT2D eigenvalue weighted by Gasteiger charge is -2.32. The maximum atomic E-state index is 5.46. The molecule has 2 heterocycles. The van der Waals surface area contributed by atoms with Gasteiger partial charge in [-0.1, -0.05) is 35.5 Å². The lowest BCUT2D eigenvalue weighted by molar-refractivity contribution is 0.135. The molecule has 0 radical (unpaired) electrons. The number of hydrazone groups is 1. The molecule has 0 atom stereocenters. The average Bonchev–Trinajstić information content (AvgIpc) is 3.06. The van der Waals surface area contributed by atoms with E-state index in [-0.39, 0.29) is 0 Å². The molecule has 0 N–H and O–H groups in total. The molecular formula is C18H24N4O. The molecule has 1 aliphatic heterocycles. The zero-order valence-electron chi connectivity index (χ0n) is 13.7. The van der Waals surface area contributed by atoms with Crippen molar-refractivity contribution in [2.75, 3.05) is 32.7 Å². The van der Waals surface area contributed by atoms with Crippen molar-refractivity contribution in [2.24, 2.45) is 5.10 Å². The molecule has 5 nitrogen and oxygen atoms in total. The molecule has 0 bridgehead atoms. The third kappa shape index (κ3) is 4.42. The Morgan fingerprint density at radius 3 is 2.70 bits per heavy atom. The van der Waals surface area contributed by atoms with E-state index in [1.54, 1.807) is 0 Å². The summed E-state index contributed by atoms with van der Waals surface area (Å²) in [5, 5.41) is 10.6. The van der Waals surface area contributed by atoms with Crippen LogP contribution in [0, 0.1) is 0 Å². The molecule has 1 aromatic carbocycles. The molecule has 3 rings (SSSR count). The summed E-state index contributed by atoms with van der Waals surface area (Å²) in [6.07, 6.45) is 3.90. The largest absolute Gasteiger partial charge is 0.361 e. The lowest BCUT2D eigenvalue weighted by atomic mass is 10.1. The van der Waals surface area contributed by atoms with Crippen molar-refractivity contribution >= 4 is 6.21 Å². The Morgan fingerprint density at radius 2 is 1.96 bits per heavy atom. The monoisotopic (exact) mass is 312 g/mol. The number of aromatic nitrogens is 1. The number of nitrogens with zero attached hydrogens (tertiary/aromatic N) is 4. The summed E-state index contributed by atoms with van der Waals surface area (Å²) in [5.41, 5.74) is 2.03. The summed E-state index contributed by atoms with van der Waals surface area (Å²) in [7, 11) is 0. The van der Waals surface area contributed by atoms with Crippen LogP contribution in [0.1, 0.15) is 19.1 Å². The van der Waals surface area contributed by atoms with Crippen LogP contribution in [0.2, 0.25) is 0 Å². The van der Waals surface area contributed by atoms with Gasteiger partial charge in [0.05, 0.1) is 0 Å². The van der Waals surface area contributed by atoms with Crippen molar-refractivity contribution in [3.8, 4) is 11.3 Å². The molecule has 0 saturated carbocycles. The van der Waals surface area contributed by atoms with Crippen LogP contribution in [0.3, 0.4) is 0 Å². The van der Waals surface area contributed by atoms with Crippen molar-refractivity contribution in [1.82, 2.24) is 15.1 Å². The van der Waals surface area contributed by atoms with Gasteiger partial charge >= 0.3 is 0 Å². The summed E-state index contributed by atoms with van der Waals surface area (Å²) in [5.74, 6) is 0.970. The minimum Gasteiger partial charge on any atom is -0.361 e. The van der Waals surface area contributed by atoms with E-state index in [1.807, 2.05) is 31.3 Å². The minimum absolute atomic E-state index is 0.923. The van der Waals surface area contributed by atoms with Gasteiger partial charge in [0.2, 0.25) is 0 Å².